The van der Waals surface area contributed by atoms with E-state index in [2.05, 4.69) is 20.3 Å². The van der Waals surface area contributed by atoms with Gasteiger partial charge in [-0.3, -0.25) is 14.9 Å². The number of H-pyrrole nitrogens is 1. The van der Waals surface area contributed by atoms with E-state index in [-0.39, 0.29) is 11.1 Å². The summed E-state index contributed by atoms with van der Waals surface area (Å²) in [6, 6.07) is 10.7. The minimum atomic E-state index is -0.511. The molecular weight excluding hydrogens is 360 g/mol. The molecule has 0 aliphatic carbocycles. The number of nitrogens with zero attached hydrogens (tertiary/aromatic N) is 4. The Morgan fingerprint density at radius 2 is 1.96 bits per heavy atom. The van der Waals surface area contributed by atoms with E-state index >= 15 is 0 Å². The Balaban J connectivity index is 1.54. The van der Waals surface area contributed by atoms with Crippen molar-refractivity contribution in [3.8, 4) is 0 Å². The second kappa shape index (κ2) is 7.31. The number of nitro groups is 1. The number of anilines is 1. The molecule has 0 unspecified atom stereocenters. The zero-order valence-corrected chi connectivity index (χ0v) is 14.7. The predicted molar refractivity (Wildman–Crippen MR) is 104 cm³/mol. The quantitative estimate of drug-likeness (QED) is 0.394. The molecule has 2 aromatic heterocycles. The van der Waals surface area contributed by atoms with E-state index in [0.717, 1.165) is 17.7 Å². The maximum absolute atomic E-state index is 11.8. The molecule has 0 fully saturated rings. The van der Waals surface area contributed by atoms with E-state index in [1.54, 1.807) is 12.5 Å². The van der Waals surface area contributed by atoms with Gasteiger partial charge in [0.2, 0.25) is 0 Å². The van der Waals surface area contributed by atoms with Gasteiger partial charge in [-0.1, -0.05) is 24.3 Å². The van der Waals surface area contributed by atoms with E-state index in [4.69, 9.17) is 0 Å². The summed E-state index contributed by atoms with van der Waals surface area (Å²) in [5.41, 5.74) is 2.24. The van der Waals surface area contributed by atoms with Gasteiger partial charge in [-0.15, -0.1) is 0 Å². The summed E-state index contributed by atoms with van der Waals surface area (Å²) in [5, 5.41) is 14.7. The van der Waals surface area contributed by atoms with Crippen LogP contribution in [0.2, 0.25) is 0 Å². The molecule has 0 aliphatic rings. The lowest BCUT2D eigenvalue weighted by Gasteiger charge is -2.09. The normalized spacial score (nSPS) is 10.9. The Bertz CT molecular complexity index is 1180. The molecule has 9 nitrogen and oxygen atoms in total. The first-order valence-corrected chi connectivity index (χ1v) is 8.53. The van der Waals surface area contributed by atoms with E-state index < -0.39 is 10.5 Å². The molecular formula is C19H16N6O3. The molecule has 0 radical (unpaired) electrons. The fourth-order valence-electron chi connectivity index (χ4n) is 2.95. The second-order valence-corrected chi connectivity index (χ2v) is 6.28. The maximum Gasteiger partial charge on any atom is 0.293 e. The SMILES string of the molecule is O=c1[nH]cnc2cc(NCc3ccc(Cn4ccnc4)cc3)c([N+](=O)[O-])cc12. The lowest BCUT2D eigenvalue weighted by molar-refractivity contribution is -0.383. The third kappa shape index (κ3) is 3.58. The zero-order valence-electron chi connectivity index (χ0n) is 14.7. The van der Waals surface area contributed by atoms with Crippen LogP contribution in [-0.4, -0.2) is 24.4 Å². The summed E-state index contributed by atoms with van der Waals surface area (Å²) in [5.74, 6) is 0. The van der Waals surface area contributed by atoms with Gasteiger partial charge in [0.15, 0.2) is 0 Å². The highest BCUT2D eigenvalue weighted by Gasteiger charge is 2.17. The minimum Gasteiger partial charge on any atom is -0.375 e. The Morgan fingerprint density at radius 3 is 2.68 bits per heavy atom. The van der Waals surface area contributed by atoms with Gasteiger partial charge < -0.3 is 14.9 Å². The average Bonchev–Trinajstić information content (AvgIpc) is 3.20. The summed E-state index contributed by atoms with van der Waals surface area (Å²) in [4.78, 5) is 33.3. The fraction of sp³-hybridized carbons (Fsp3) is 0.105. The number of hydrogen-bond acceptors (Lipinski definition) is 6. The molecule has 0 atom stereocenters. The number of imidazole rings is 1. The first-order chi connectivity index (χ1) is 13.6. The molecule has 2 N–H and O–H groups in total. The van der Waals surface area contributed by atoms with Crippen molar-refractivity contribution in [2.45, 2.75) is 13.1 Å². The number of hydrogen-bond donors (Lipinski definition) is 2. The number of aromatic amines is 1. The number of nitrogens with one attached hydrogen (secondary N) is 2. The van der Waals surface area contributed by atoms with E-state index in [1.165, 1.54) is 18.5 Å². The topological polar surface area (TPSA) is 119 Å². The number of benzene rings is 2. The smallest absolute Gasteiger partial charge is 0.293 e. The van der Waals surface area contributed by atoms with Crippen molar-refractivity contribution in [3.05, 3.63) is 93.0 Å². The molecule has 9 heteroatoms. The molecule has 28 heavy (non-hydrogen) atoms. The third-order valence-electron chi connectivity index (χ3n) is 4.38. The summed E-state index contributed by atoms with van der Waals surface area (Å²) >= 11 is 0. The van der Waals surface area contributed by atoms with Gasteiger partial charge in [0, 0.05) is 31.5 Å². The Kier molecular flexibility index (Phi) is 4.55. The summed E-state index contributed by atoms with van der Waals surface area (Å²) in [6.45, 7) is 1.13. The van der Waals surface area contributed by atoms with E-state index in [1.807, 2.05) is 35.0 Å². The number of fused-ring (bicyclic) bond motifs is 1. The van der Waals surface area contributed by atoms with Crippen LogP contribution in [0.5, 0.6) is 0 Å². The highest BCUT2D eigenvalue weighted by molar-refractivity contribution is 5.86. The Morgan fingerprint density at radius 1 is 1.18 bits per heavy atom. The van der Waals surface area contributed by atoms with Crippen LogP contribution in [0, 0.1) is 10.1 Å². The van der Waals surface area contributed by atoms with Gasteiger partial charge in [-0.05, 0) is 17.2 Å². The van der Waals surface area contributed by atoms with Crippen LogP contribution in [0.4, 0.5) is 11.4 Å². The number of rotatable bonds is 6. The standard InChI is InChI=1S/C19H16N6O3/c26-19-15-7-18(25(27)28)17(8-16(15)22-11-23-19)21-9-13-1-3-14(4-2-13)10-24-6-5-20-12-24/h1-8,11-12,21H,9-10H2,(H,22,23,26). The molecule has 4 aromatic rings. The van der Waals surface area contributed by atoms with Crippen molar-refractivity contribution in [3.63, 3.8) is 0 Å². The molecule has 0 saturated carbocycles. The van der Waals surface area contributed by atoms with Gasteiger partial charge in [-0.25, -0.2) is 9.97 Å². The van der Waals surface area contributed by atoms with Gasteiger partial charge in [0.1, 0.15) is 5.69 Å². The number of nitro benzene ring substituents is 1. The van der Waals surface area contributed by atoms with Crippen molar-refractivity contribution >= 4 is 22.3 Å². The van der Waals surface area contributed by atoms with Crippen molar-refractivity contribution in [2.24, 2.45) is 0 Å². The minimum absolute atomic E-state index is 0.164. The lowest BCUT2D eigenvalue weighted by Crippen LogP contribution is -2.09. The van der Waals surface area contributed by atoms with Gasteiger partial charge in [0.25, 0.3) is 11.2 Å². The predicted octanol–water partition coefficient (Wildman–Crippen LogP) is 2.69. The van der Waals surface area contributed by atoms with Crippen molar-refractivity contribution in [1.29, 1.82) is 0 Å². The van der Waals surface area contributed by atoms with Crippen LogP contribution < -0.4 is 10.9 Å². The molecule has 140 valence electrons. The van der Waals surface area contributed by atoms with Crippen LogP contribution in [0.3, 0.4) is 0 Å². The summed E-state index contributed by atoms with van der Waals surface area (Å²) in [6.07, 6.45) is 6.66. The van der Waals surface area contributed by atoms with Crippen LogP contribution in [-0.2, 0) is 13.1 Å². The molecule has 0 saturated heterocycles. The maximum atomic E-state index is 11.8. The monoisotopic (exact) mass is 376 g/mol. The highest BCUT2D eigenvalue weighted by atomic mass is 16.6. The van der Waals surface area contributed by atoms with Crippen LogP contribution in [0.25, 0.3) is 10.9 Å². The Hall–Kier alpha value is -4.01. The highest BCUT2D eigenvalue weighted by Crippen LogP contribution is 2.28. The van der Waals surface area contributed by atoms with Crippen molar-refractivity contribution < 1.29 is 4.92 Å². The summed E-state index contributed by atoms with van der Waals surface area (Å²) < 4.78 is 1.97. The first kappa shape index (κ1) is 17.4. The second-order valence-electron chi connectivity index (χ2n) is 6.28. The first-order valence-electron chi connectivity index (χ1n) is 8.53. The number of aromatic nitrogens is 4. The molecule has 0 aliphatic heterocycles. The van der Waals surface area contributed by atoms with Gasteiger partial charge >= 0.3 is 0 Å². The summed E-state index contributed by atoms with van der Waals surface area (Å²) in [7, 11) is 0. The molecule has 4 rings (SSSR count). The van der Waals surface area contributed by atoms with E-state index in [9.17, 15) is 14.9 Å². The lowest BCUT2D eigenvalue weighted by atomic mass is 10.1. The van der Waals surface area contributed by atoms with Gasteiger partial charge in [0.05, 0.1) is 28.5 Å². The third-order valence-corrected chi connectivity index (χ3v) is 4.38. The molecule has 0 bridgehead atoms. The zero-order chi connectivity index (χ0) is 19.5. The largest absolute Gasteiger partial charge is 0.375 e. The van der Waals surface area contributed by atoms with E-state index in [0.29, 0.717) is 17.7 Å². The van der Waals surface area contributed by atoms with Crippen LogP contribution >= 0.6 is 0 Å². The molecule has 0 spiro atoms. The molecule has 2 aromatic carbocycles. The fourth-order valence-corrected chi connectivity index (χ4v) is 2.95. The van der Waals surface area contributed by atoms with Crippen LogP contribution in [0.1, 0.15) is 11.1 Å². The van der Waals surface area contributed by atoms with Crippen molar-refractivity contribution in [2.75, 3.05) is 5.32 Å². The average molecular weight is 376 g/mol. The van der Waals surface area contributed by atoms with Crippen molar-refractivity contribution in [1.82, 2.24) is 19.5 Å². The molecule has 2 heterocycles. The Labute approximate surface area is 158 Å². The molecule has 0 amide bonds. The van der Waals surface area contributed by atoms with Crippen LogP contribution in [0.15, 0.2) is 66.2 Å². The van der Waals surface area contributed by atoms with Gasteiger partial charge in [-0.2, -0.15) is 0 Å².